The van der Waals surface area contributed by atoms with E-state index >= 15 is 0 Å². The fraction of sp³-hybridized carbons (Fsp3) is 0.474. The molecule has 1 aliphatic rings. The number of H-pyrrole nitrogens is 1. The van der Waals surface area contributed by atoms with Gasteiger partial charge in [-0.3, -0.25) is 4.90 Å². The van der Waals surface area contributed by atoms with Crippen LogP contribution in [-0.2, 0) is 18.4 Å². The minimum atomic E-state index is -0.108. The molecule has 1 atom stereocenters. The predicted molar refractivity (Wildman–Crippen MR) is 93.8 cm³/mol. The number of fused-ring (bicyclic) bond motifs is 3. The Balaban J connectivity index is 1.59. The largest absolute Gasteiger partial charge is 0.357 e. The number of hydrogen-bond acceptors (Lipinski definition) is 4. The molecule has 4 rings (SSSR count). The number of nitrogens with zero attached hydrogens (tertiary/aromatic N) is 3. The van der Waals surface area contributed by atoms with Crippen molar-refractivity contribution >= 4 is 10.9 Å². The lowest BCUT2D eigenvalue weighted by Crippen LogP contribution is -2.33. The smallest absolute Gasteiger partial charge is 0.232 e. The summed E-state index contributed by atoms with van der Waals surface area (Å²) in [4.78, 5) is 10.6. The standard InChI is InChI=1S/C19H24N4O/c1-12-17-14(13-7-5-6-8-15(13)20-17)9-10-23(12)11-16-21-18(24-22-16)19(2,3)4/h5-8,12,20H,9-11H2,1-4H3/t12-/m0/s1. The second-order valence-electron chi connectivity index (χ2n) is 7.73. The number of benzene rings is 1. The topological polar surface area (TPSA) is 58.0 Å². The molecule has 1 aromatic carbocycles. The van der Waals surface area contributed by atoms with Crippen molar-refractivity contribution in [1.82, 2.24) is 20.0 Å². The number of para-hydroxylation sites is 1. The molecule has 5 nitrogen and oxygen atoms in total. The lowest BCUT2D eigenvalue weighted by Gasteiger charge is -2.32. The summed E-state index contributed by atoms with van der Waals surface area (Å²) in [6.45, 7) is 10.2. The summed E-state index contributed by atoms with van der Waals surface area (Å²) in [5.41, 5.74) is 3.90. The Morgan fingerprint density at radius 2 is 2.08 bits per heavy atom. The van der Waals surface area contributed by atoms with Crippen LogP contribution in [-0.4, -0.2) is 26.6 Å². The molecule has 2 aromatic heterocycles. The third kappa shape index (κ3) is 2.53. The molecule has 5 heteroatoms. The average Bonchev–Trinajstić information content (AvgIpc) is 3.15. The van der Waals surface area contributed by atoms with E-state index in [9.17, 15) is 0 Å². The Morgan fingerprint density at radius 1 is 1.29 bits per heavy atom. The van der Waals surface area contributed by atoms with Crippen LogP contribution in [0.2, 0.25) is 0 Å². The van der Waals surface area contributed by atoms with Crippen LogP contribution in [0.25, 0.3) is 10.9 Å². The van der Waals surface area contributed by atoms with Crippen molar-refractivity contribution in [3.63, 3.8) is 0 Å². The van der Waals surface area contributed by atoms with Gasteiger partial charge in [0.2, 0.25) is 5.89 Å². The van der Waals surface area contributed by atoms with Gasteiger partial charge in [0.15, 0.2) is 5.82 Å². The van der Waals surface area contributed by atoms with Crippen molar-refractivity contribution in [2.45, 2.75) is 52.1 Å². The Labute approximate surface area is 142 Å². The van der Waals surface area contributed by atoms with Gasteiger partial charge < -0.3 is 9.51 Å². The first kappa shape index (κ1) is 15.4. The molecule has 24 heavy (non-hydrogen) atoms. The van der Waals surface area contributed by atoms with Crippen molar-refractivity contribution in [2.24, 2.45) is 0 Å². The Kier molecular flexibility index (Phi) is 3.49. The van der Waals surface area contributed by atoms with Gasteiger partial charge in [-0.25, -0.2) is 0 Å². The summed E-state index contributed by atoms with van der Waals surface area (Å²) in [7, 11) is 0. The van der Waals surface area contributed by atoms with Gasteiger partial charge in [-0.2, -0.15) is 4.98 Å². The van der Waals surface area contributed by atoms with E-state index in [1.807, 2.05) is 0 Å². The highest BCUT2D eigenvalue weighted by atomic mass is 16.5. The van der Waals surface area contributed by atoms with Crippen molar-refractivity contribution < 1.29 is 4.52 Å². The van der Waals surface area contributed by atoms with E-state index in [2.05, 4.69) is 72.0 Å². The maximum Gasteiger partial charge on any atom is 0.232 e. The van der Waals surface area contributed by atoms with Gasteiger partial charge in [0.1, 0.15) is 0 Å². The van der Waals surface area contributed by atoms with Crippen molar-refractivity contribution in [3.05, 3.63) is 47.2 Å². The Bertz CT molecular complexity index is 871. The van der Waals surface area contributed by atoms with Crippen LogP contribution in [0.3, 0.4) is 0 Å². The zero-order valence-corrected chi connectivity index (χ0v) is 14.8. The maximum absolute atomic E-state index is 5.43. The Morgan fingerprint density at radius 3 is 2.83 bits per heavy atom. The summed E-state index contributed by atoms with van der Waals surface area (Å²) in [5, 5.41) is 5.53. The van der Waals surface area contributed by atoms with Gasteiger partial charge >= 0.3 is 0 Å². The number of nitrogens with one attached hydrogen (secondary N) is 1. The van der Waals surface area contributed by atoms with Gasteiger partial charge in [0.25, 0.3) is 0 Å². The maximum atomic E-state index is 5.43. The first-order valence-electron chi connectivity index (χ1n) is 8.60. The molecule has 3 aromatic rings. The predicted octanol–water partition coefficient (Wildman–Crippen LogP) is 3.97. The minimum absolute atomic E-state index is 0.108. The molecular weight excluding hydrogens is 300 g/mol. The second-order valence-corrected chi connectivity index (χ2v) is 7.73. The number of hydrogen-bond donors (Lipinski definition) is 1. The molecular formula is C19H24N4O. The van der Waals surface area contributed by atoms with Gasteiger partial charge in [-0.15, -0.1) is 0 Å². The van der Waals surface area contributed by atoms with Crippen LogP contribution in [0.15, 0.2) is 28.8 Å². The fourth-order valence-electron chi connectivity index (χ4n) is 3.50. The molecule has 3 heterocycles. The van der Waals surface area contributed by atoms with Crippen LogP contribution in [0.4, 0.5) is 0 Å². The highest BCUT2D eigenvalue weighted by Gasteiger charge is 2.29. The molecule has 0 amide bonds. The SMILES string of the molecule is C[C@H]1c2[nH]c3ccccc3c2CCN1Cc1noc(C(C)(C)C)n1. The lowest BCUT2D eigenvalue weighted by atomic mass is 9.97. The molecule has 0 spiro atoms. The third-order valence-corrected chi connectivity index (χ3v) is 4.92. The van der Waals surface area contributed by atoms with Gasteiger partial charge in [-0.05, 0) is 25.0 Å². The van der Waals surface area contributed by atoms with E-state index < -0.39 is 0 Å². The summed E-state index contributed by atoms with van der Waals surface area (Å²) >= 11 is 0. The van der Waals surface area contributed by atoms with Gasteiger partial charge in [0, 0.05) is 34.6 Å². The van der Waals surface area contributed by atoms with Crippen LogP contribution in [0.5, 0.6) is 0 Å². The van der Waals surface area contributed by atoms with Crippen molar-refractivity contribution in [2.75, 3.05) is 6.54 Å². The third-order valence-electron chi connectivity index (χ3n) is 4.92. The summed E-state index contributed by atoms with van der Waals surface area (Å²) in [5.74, 6) is 1.47. The zero-order valence-electron chi connectivity index (χ0n) is 14.8. The highest BCUT2D eigenvalue weighted by Crippen LogP contribution is 2.34. The summed E-state index contributed by atoms with van der Waals surface area (Å²) in [6.07, 6.45) is 1.05. The van der Waals surface area contributed by atoms with Crippen molar-refractivity contribution in [3.8, 4) is 0 Å². The van der Waals surface area contributed by atoms with Crippen LogP contribution in [0, 0.1) is 0 Å². The molecule has 1 aliphatic heterocycles. The summed E-state index contributed by atoms with van der Waals surface area (Å²) < 4.78 is 5.43. The van der Waals surface area contributed by atoms with Gasteiger partial charge in [-0.1, -0.05) is 44.1 Å². The van der Waals surface area contributed by atoms with E-state index in [0.29, 0.717) is 11.9 Å². The quantitative estimate of drug-likeness (QED) is 0.775. The van der Waals surface area contributed by atoms with E-state index in [-0.39, 0.29) is 5.41 Å². The van der Waals surface area contributed by atoms with E-state index in [1.165, 1.54) is 22.2 Å². The van der Waals surface area contributed by atoms with Crippen LogP contribution >= 0.6 is 0 Å². The fourth-order valence-corrected chi connectivity index (χ4v) is 3.50. The lowest BCUT2D eigenvalue weighted by molar-refractivity contribution is 0.180. The first-order valence-corrected chi connectivity index (χ1v) is 8.60. The van der Waals surface area contributed by atoms with E-state index in [0.717, 1.165) is 25.3 Å². The molecule has 0 unspecified atom stereocenters. The van der Waals surface area contributed by atoms with E-state index in [1.54, 1.807) is 0 Å². The monoisotopic (exact) mass is 324 g/mol. The van der Waals surface area contributed by atoms with Gasteiger partial charge in [0.05, 0.1) is 6.54 Å². The highest BCUT2D eigenvalue weighted by molar-refractivity contribution is 5.85. The molecule has 0 radical (unpaired) electrons. The van der Waals surface area contributed by atoms with Crippen LogP contribution in [0.1, 0.15) is 56.7 Å². The Hall–Kier alpha value is -2.14. The molecule has 0 saturated heterocycles. The van der Waals surface area contributed by atoms with Crippen LogP contribution < -0.4 is 0 Å². The number of aromatic amines is 1. The molecule has 0 aliphatic carbocycles. The molecule has 126 valence electrons. The second kappa shape index (κ2) is 5.45. The molecule has 1 N–H and O–H groups in total. The molecule has 0 saturated carbocycles. The van der Waals surface area contributed by atoms with Crippen molar-refractivity contribution in [1.29, 1.82) is 0 Å². The summed E-state index contributed by atoms with van der Waals surface area (Å²) in [6, 6.07) is 8.88. The minimum Gasteiger partial charge on any atom is -0.357 e. The van der Waals surface area contributed by atoms with E-state index in [4.69, 9.17) is 4.52 Å². The number of rotatable bonds is 2. The number of aromatic nitrogens is 3. The normalized spacial score (nSPS) is 18.9. The first-order chi connectivity index (χ1) is 11.4. The molecule has 0 fully saturated rings. The average molecular weight is 324 g/mol. The zero-order chi connectivity index (χ0) is 16.9. The molecule has 0 bridgehead atoms.